The monoisotopic (exact) mass is 382 g/mol. The molecule has 6 nitrogen and oxygen atoms in total. The van der Waals surface area contributed by atoms with Crippen LogP contribution in [0.3, 0.4) is 0 Å². The van der Waals surface area contributed by atoms with Crippen LogP contribution in [0, 0.1) is 6.92 Å². The molecule has 117 valence electrons. The molecule has 0 bridgehead atoms. The molecule has 0 unspecified atom stereocenters. The number of phenols is 6. The average molecular weight is 382 g/mol. The van der Waals surface area contributed by atoms with Crippen molar-refractivity contribution in [2.45, 2.75) is 13.3 Å². The van der Waals surface area contributed by atoms with Gasteiger partial charge in [-0.15, -0.1) is 5.56 Å². The van der Waals surface area contributed by atoms with Gasteiger partial charge >= 0.3 is 0 Å². The summed E-state index contributed by atoms with van der Waals surface area (Å²) in [4.78, 5) is 0. The Morgan fingerprint density at radius 3 is 1.36 bits per heavy atom. The van der Waals surface area contributed by atoms with E-state index in [0.29, 0.717) is 12.0 Å². The molecule has 0 saturated heterocycles. The van der Waals surface area contributed by atoms with E-state index in [4.69, 9.17) is 30.6 Å². The standard InChI is InChI=1S/C8H10O3.C7H7O3.Y/c1-2-6-7(10)3-5(9)4-8(6)11;1-4-6(9)2-5(8)3-7(4)10;/h3-4,9-11H,2H2,1H3;2-3,8-10H,1H2;/q;-1;. The predicted molar refractivity (Wildman–Crippen MR) is 76.7 cm³/mol. The van der Waals surface area contributed by atoms with Gasteiger partial charge in [0.1, 0.15) is 17.2 Å². The number of benzene rings is 2. The summed E-state index contributed by atoms with van der Waals surface area (Å²) in [6, 6.07) is 4.64. The zero-order valence-electron chi connectivity index (χ0n) is 12.0. The number of rotatable bonds is 1. The first kappa shape index (κ1) is 20.2. The summed E-state index contributed by atoms with van der Waals surface area (Å²) in [6.07, 6.45) is 0.540. The topological polar surface area (TPSA) is 121 Å². The van der Waals surface area contributed by atoms with Crippen molar-refractivity contribution in [3.63, 3.8) is 0 Å². The zero-order valence-corrected chi connectivity index (χ0v) is 14.8. The Morgan fingerprint density at radius 2 is 1.05 bits per heavy atom. The molecule has 0 aliphatic rings. The van der Waals surface area contributed by atoms with Crippen molar-refractivity contribution < 1.29 is 63.3 Å². The van der Waals surface area contributed by atoms with Gasteiger partial charge in [-0.25, -0.2) is 0 Å². The fraction of sp³-hybridized carbons (Fsp3) is 0.133. The van der Waals surface area contributed by atoms with E-state index in [-0.39, 0.29) is 72.8 Å². The molecule has 2 rings (SSSR count). The normalized spacial score (nSPS) is 9.32. The molecule has 0 atom stereocenters. The SMILES string of the molecule is CCc1c(O)cc(O)cc1O.[CH2-]c1c(O)cc(O)cc1O.[Y]. The van der Waals surface area contributed by atoms with E-state index in [1.165, 1.54) is 12.1 Å². The van der Waals surface area contributed by atoms with Crippen molar-refractivity contribution in [1.29, 1.82) is 0 Å². The fourth-order valence-electron chi connectivity index (χ4n) is 1.62. The molecule has 0 fully saturated rings. The molecule has 22 heavy (non-hydrogen) atoms. The van der Waals surface area contributed by atoms with Crippen molar-refractivity contribution in [3.05, 3.63) is 42.3 Å². The molecule has 0 heterocycles. The van der Waals surface area contributed by atoms with E-state index >= 15 is 0 Å². The van der Waals surface area contributed by atoms with Crippen LogP contribution in [0.2, 0.25) is 0 Å². The van der Waals surface area contributed by atoms with Gasteiger partial charge < -0.3 is 30.6 Å². The van der Waals surface area contributed by atoms with Crippen molar-refractivity contribution in [3.8, 4) is 34.5 Å². The minimum absolute atomic E-state index is 0. The Bertz CT molecular complexity index is 596. The molecule has 6 N–H and O–H groups in total. The first-order valence-electron chi connectivity index (χ1n) is 6.07. The predicted octanol–water partition coefficient (Wildman–Crippen LogP) is 2.35. The Balaban J connectivity index is 0.000000385. The average Bonchev–Trinajstić information content (AvgIpc) is 2.36. The number of aromatic hydroxyl groups is 6. The van der Waals surface area contributed by atoms with Crippen LogP contribution in [0.5, 0.6) is 34.5 Å². The van der Waals surface area contributed by atoms with Crippen LogP contribution in [0.4, 0.5) is 0 Å². The second-order valence-electron chi connectivity index (χ2n) is 4.28. The van der Waals surface area contributed by atoms with E-state index in [2.05, 4.69) is 6.92 Å². The third-order valence-corrected chi connectivity index (χ3v) is 2.73. The van der Waals surface area contributed by atoms with Gasteiger partial charge in [0.05, 0.1) is 5.75 Å². The second kappa shape index (κ2) is 8.61. The van der Waals surface area contributed by atoms with Crippen molar-refractivity contribution in [1.82, 2.24) is 0 Å². The number of phenolic OH excluding ortho intramolecular Hbond substituents is 6. The molecule has 0 aliphatic heterocycles. The Morgan fingerprint density at radius 1 is 0.727 bits per heavy atom. The van der Waals surface area contributed by atoms with Gasteiger partial charge in [0.25, 0.3) is 0 Å². The van der Waals surface area contributed by atoms with Crippen LogP contribution in [-0.4, -0.2) is 30.6 Å². The van der Waals surface area contributed by atoms with Gasteiger partial charge in [-0.3, -0.25) is 0 Å². The Kier molecular flexibility index (Phi) is 7.91. The number of hydrogen-bond donors (Lipinski definition) is 6. The quantitative estimate of drug-likeness (QED) is 0.421. The summed E-state index contributed by atoms with van der Waals surface area (Å²) in [6.45, 7) is 5.16. The third-order valence-electron chi connectivity index (χ3n) is 2.73. The van der Waals surface area contributed by atoms with E-state index < -0.39 is 0 Å². The molecular weight excluding hydrogens is 365 g/mol. The van der Waals surface area contributed by atoms with E-state index in [9.17, 15) is 0 Å². The minimum Gasteiger partial charge on any atom is -0.565 e. The Labute approximate surface area is 153 Å². The molecule has 0 saturated carbocycles. The van der Waals surface area contributed by atoms with E-state index in [0.717, 1.165) is 12.1 Å². The molecule has 7 heteroatoms. The Hall–Kier alpha value is -1.79. The van der Waals surface area contributed by atoms with Gasteiger partial charge in [-0.1, -0.05) is 6.92 Å². The molecule has 1 radical (unpaired) electrons. The molecule has 2 aromatic rings. The minimum atomic E-state index is -0.211. The summed E-state index contributed by atoms with van der Waals surface area (Å²) in [5.41, 5.74) is 0.584. The number of hydrogen-bond acceptors (Lipinski definition) is 6. The van der Waals surface area contributed by atoms with Crippen LogP contribution in [0.1, 0.15) is 18.1 Å². The van der Waals surface area contributed by atoms with E-state index in [1.807, 2.05) is 6.92 Å². The maximum atomic E-state index is 9.15. The molecule has 0 aromatic heterocycles. The molecule has 0 spiro atoms. The molecule has 0 amide bonds. The van der Waals surface area contributed by atoms with Gasteiger partial charge in [-0.05, 0) is 18.6 Å². The molecule has 2 aromatic carbocycles. The maximum Gasteiger partial charge on any atom is 0.126 e. The van der Waals surface area contributed by atoms with E-state index in [1.54, 1.807) is 0 Å². The fourth-order valence-corrected chi connectivity index (χ4v) is 1.62. The van der Waals surface area contributed by atoms with Crippen molar-refractivity contribution >= 4 is 0 Å². The maximum absolute atomic E-state index is 9.15. The summed E-state index contributed by atoms with van der Waals surface area (Å²) in [7, 11) is 0. The van der Waals surface area contributed by atoms with Crippen LogP contribution >= 0.6 is 0 Å². The first-order valence-corrected chi connectivity index (χ1v) is 6.07. The largest absolute Gasteiger partial charge is 0.565 e. The third kappa shape index (κ3) is 5.20. The van der Waals surface area contributed by atoms with Gasteiger partial charge in [0.2, 0.25) is 0 Å². The van der Waals surface area contributed by atoms with Crippen LogP contribution in [0.25, 0.3) is 0 Å². The summed E-state index contributed by atoms with van der Waals surface area (Å²) in [5, 5.41) is 53.8. The van der Waals surface area contributed by atoms with Crippen molar-refractivity contribution in [2.24, 2.45) is 0 Å². The van der Waals surface area contributed by atoms with Gasteiger partial charge in [-0.2, -0.15) is 6.92 Å². The molecule has 0 aliphatic carbocycles. The van der Waals surface area contributed by atoms with Crippen LogP contribution in [0.15, 0.2) is 24.3 Å². The zero-order chi connectivity index (χ0) is 16.2. The molecular formula is C15H17O6Y-. The van der Waals surface area contributed by atoms with Crippen LogP contribution < -0.4 is 0 Å². The van der Waals surface area contributed by atoms with Crippen LogP contribution in [-0.2, 0) is 39.1 Å². The second-order valence-corrected chi connectivity index (χ2v) is 4.28. The summed E-state index contributed by atoms with van der Waals surface area (Å²) in [5.74, 6) is -0.857. The van der Waals surface area contributed by atoms with Gasteiger partial charge in [0.15, 0.2) is 0 Å². The summed E-state index contributed by atoms with van der Waals surface area (Å²) < 4.78 is 0. The van der Waals surface area contributed by atoms with Gasteiger partial charge in [0, 0.05) is 61.9 Å². The van der Waals surface area contributed by atoms with Crippen molar-refractivity contribution in [2.75, 3.05) is 0 Å². The smallest absolute Gasteiger partial charge is 0.126 e. The summed E-state index contributed by atoms with van der Waals surface area (Å²) >= 11 is 0. The first-order chi connectivity index (χ1) is 9.76.